The molecule has 0 atom stereocenters. The van der Waals surface area contributed by atoms with Crippen molar-refractivity contribution in [2.24, 2.45) is 0 Å². The van der Waals surface area contributed by atoms with Gasteiger partial charge in [-0.05, 0) is 54.5 Å². The smallest absolute Gasteiger partial charge is 0.270 e. The molecule has 3 aromatic carbocycles. The average Bonchev–Trinajstić information content (AvgIpc) is 2.75. The van der Waals surface area contributed by atoms with Gasteiger partial charge in [0.25, 0.3) is 11.6 Å². The van der Waals surface area contributed by atoms with E-state index in [1.54, 1.807) is 54.6 Å². The maximum absolute atomic E-state index is 12.3. The van der Waals surface area contributed by atoms with Gasteiger partial charge in [-0.15, -0.1) is 0 Å². The Morgan fingerprint density at radius 2 is 1.70 bits per heavy atom. The lowest BCUT2D eigenvalue weighted by molar-refractivity contribution is -0.384. The van der Waals surface area contributed by atoms with Crippen molar-refractivity contribution in [3.05, 3.63) is 106 Å². The fourth-order valence-electron chi connectivity index (χ4n) is 2.76. The van der Waals surface area contributed by atoms with Gasteiger partial charge in [0.2, 0.25) is 5.91 Å². The topological polar surface area (TPSA) is 101 Å². The summed E-state index contributed by atoms with van der Waals surface area (Å²) in [6.45, 7) is 1.83. The van der Waals surface area contributed by atoms with Gasteiger partial charge in [-0.3, -0.25) is 19.7 Å². The fourth-order valence-corrected chi connectivity index (χ4v) is 2.76. The van der Waals surface area contributed by atoms with Gasteiger partial charge < -0.3 is 10.6 Å². The van der Waals surface area contributed by atoms with Crippen molar-refractivity contribution in [1.29, 1.82) is 0 Å². The van der Waals surface area contributed by atoms with Crippen LogP contribution in [-0.4, -0.2) is 16.7 Å². The summed E-state index contributed by atoms with van der Waals surface area (Å²) in [4.78, 5) is 34.8. The molecule has 0 aliphatic rings. The monoisotopic (exact) mass is 401 g/mol. The van der Waals surface area contributed by atoms with Crippen LogP contribution in [0.1, 0.15) is 21.5 Å². The second-order valence-corrected chi connectivity index (χ2v) is 6.52. The van der Waals surface area contributed by atoms with Crippen molar-refractivity contribution < 1.29 is 14.5 Å². The van der Waals surface area contributed by atoms with Gasteiger partial charge in [-0.1, -0.05) is 30.3 Å². The Bertz CT molecular complexity index is 1120. The highest BCUT2D eigenvalue weighted by Crippen LogP contribution is 2.21. The lowest BCUT2D eigenvalue weighted by atomic mass is 10.1. The van der Waals surface area contributed by atoms with Crippen LogP contribution in [0.4, 0.5) is 17.1 Å². The first-order chi connectivity index (χ1) is 14.4. The third-order valence-corrected chi connectivity index (χ3v) is 4.29. The normalized spacial score (nSPS) is 10.6. The number of anilines is 2. The summed E-state index contributed by atoms with van der Waals surface area (Å²) in [5.74, 6) is -0.586. The summed E-state index contributed by atoms with van der Waals surface area (Å²) in [5.41, 5.74) is 3.07. The minimum atomic E-state index is -0.488. The van der Waals surface area contributed by atoms with E-state index in [0.717, 1.165) is 5.56 Å². The number of amides is 2. The van der Waals surface area contributed by atoms with Crippen LogP contribution < -0.4 is 10.6 Å². The number of nitro benzene ring substituents is 1. The molecule has 7 nitrogen and oxygen atoms in total. The van der Waals surface area contributed by atoms with Crippen LogP contribution in [0.15, 0.2) is 78.9 Å². The number of rotatable bonds is 6. The van der Waals surface area contributed by atoms with E-state index in [0.29, 0.717) is 22.5 Å². The summed E-state index contributed by atoms with van der Waals surface area (Å²) in [7, 11) is 0. The van der Waals surface area contributed by atoms with Gasteiger partial charge in [0.05, 0.1) is 4.92 Å². The quantitative estimate of drug-likeness (QED) is 0.352. The minimum Gasteiger partial charge on any atom is -0.323 e. The molecule has 0 aliphatic carbocycles. The van der Waals surface area contributed by atoms with Gasteiger partial charge in [-0.25, -0.2) is 0 Å². The molecule has 0 spiro atoms. The first kappa shape index (κ1) is 20.5. The predicted molar refractivity (Wildman–Crippen MR) is 116 cm³/mol. The number of carbonyl (C=O) groups is 2. The standard InChI is InChI=1S/C23H19N3O4/c1-16-14-19(11-12-21(16)25-23(28)18-7-3-2-4-8-18)24-22(27)13-10-17-6-5-9-20(15-17)26(29)30/h2-15H,1H3,(H,24,27)(H,25,28)/b13-10+. The highest BCUT2D eigenvalue weighted by molar-refractivity contribution is 6.05. The van der Waals surface area contributed by atoms with Gasteiger partial charge in [0.15, 0.2) is 0 Å². The molecule has 7 heteroatoms. The molecule has 0 aliphatic heterocycles. The van der Waals surface area contributed by atoms with Crippen LogP contribution >= 0.6 is 0 Å². The zero-order valence-electron chi connectivity index (χ0n) is 16.2. The average molecular weight is 401 g/mol. The third kappa shape index (κ3) is 5.39. The van der Waals surface area contributed by atoms with Crippen LogP contribution in [0.3, 0.4) is 0 Å². The molecule has 0 aromatic heterocycles. The molecule has 0 fully saturated rings. The number of carbonyl (C=O) groups excluding carboxylic acids is 2. The number of nitrogens with one attached hydrogen (secondary N) is 2. The molecule has 0 bridgehead atoms. The predicted octanol–water partition coefficient (Wildman–Crippen LogP) is 4.81. The Morgan fingerprint density at radius 3 is 2.40 bits per heavy atom. The molecule has 3 aromatic rings. The van der Waals surface area contributed by atoms with Crippen molar-refractivity contribution >= 4 is 35.0 Å². The Balaban J connectivity index is 1.64. The van der Waals surface area contributed by atoms with E-state index < -0.39 is 4.92 Å². The van der Waals surface area contributed by atoms with Crippen LogP contribution in [0.2, 0.25) is 0 Å². The Labute approximate surface area is 173 Å². The highest BCUT2D eigenvalue weighted by Gasteiger charge is 2.08. The summed E-state index contributed by atoms with van der Waals surface area (Å²) in [6, 6.07) is 20.0. The summed E-state index contributed by atoms with van der Waals surface area (Å²) in [5, 5.41) is 16.4. The number of aryl methyl sites for hydroxylation is 1. The van der Waals surface area contributed by atoms with Gasteiger partial charge in [-0.2, -0.15) is 0 Å². The molecule has 0 heterocycles. The van der Waals surface area contributed by atoms with E-state index in [1.165, 1.54) is 24.3 Å². The van der Waals surface area contributed by atoms with E-state index in [-0.39, 0.29) is 17.5 Å². The first-order valence-electron chi connectivity index (χ1n) is 9.13. The second-order valence-electron chi connectivity index (χ2n) is 6.52. The minimum absolute atomic E-state index is 0.0404. The van der Waals surface area contributed by atoms with Crippen LogP contribution in [0, 0.1) is 17.0 Å². The first-order valence-corrected chi connectivity index (χ1v) is 9.13. The number of nitro groups is 1. The van der Waals surface area contributed by atoms with Crippen molar-refractivity contribution in [2.45, 2.75) is 6.92 Å². The molecule has 2 N–H and O–H groups in total. The second kappa shape index (κ2) is 9.29. The summed E-state index contributed by atoms with van der Waals surface area (Å²) < 4.78 is 0. The molecule has 0 saturated heterocycles. The number of hydrogen-bond donors (Lipinski definition) is 2. The SMILES string of the molecule is Cc1cc(NC(=O)/C=C/c2cccc([N+](=O)[O-])c2)ccc1NC(=O)c1ccccc1. The summed E-state index contributed by atoms with van der Waals surface area (Å²) >= 11 is 0. The zero-order chi connectivity index (χ0) is 21.5. The molecule has 30 heavy (non-hydrogen) atoms. The van der Waals surface area contributed by atoms with Crippen LogP contribution in [-0.2, 0) is 4.79 Å². The van der Waals surface area contributed by atoms with Crippen molar-refractivity contribution in [3.8, 4) is 0 Å². The molecule has 0 radical (unpaired) electrons. The molecule has 0 saturated carbocycles. The van der Waals surface area contributed by atoms with Gasteiger partial charge in [0.1, 0.15) is 0 Å². The number of non-ortho nitro benzene ring substituents is 1. The number of nitrogens with zero attached hydrogens (tertiary/aromatic N) is 1. The van der Waals surface area contributed by atoms with Crippen molar-refractivity contribution in [3.63, 3.8) is 0 Å². The van der Waals surface area contributed by atoms with E-state index in [4.69, 9.17) is 0 Å². The zero-order valence-corrected chi connectivity index (χ0v) is 16.2. The highest BCUT2D eigenvalue weighted by atomic mass is 16.6. The van der Waals surface area contributed by atoms with Crippen LogP contribution in [0.25, 0.3) is 6.08 Å². The molecule has 2 amide bonds. The van der Waals surface area contributed by atoms with E-state index in [9.17, 15) is 19.7 Å². The van der Waals surface area contributed by atoms with E-state index in [1.807, 2.05) is 13.0 Å². The third-order valence-electron chi connectivity index (χ3n) is 4.29. The summed E-state index contributed by atoms with van der Waals surface area (Å²) in [6.07, 6.45) is 2.81. The van der Waals surface area contributed by atoms with Crippen LogP contribution in [0.5, 0.6) is 0 Å². The fraction of sp³-hybridized carbons (Fsp3) is 0.0435. The molecule has 3 rings (SSSR count). The lowest BCUT2D eigenvalue weighted by Crippen LogP contribution is -2.13. The maximum atomic E-state index is 12.3. The van der Waals surface area contributed by atoms with Crippen molar-refractivity contribution in [2.75, 3.05) is 10.6 Å². The molecule has 150 valence electrons. The molecular weight excluding hydrogens is 382 g/mol. The Kier molecular flexibility index (Phi) is 6.34. The van der Waals surface area contributed by atoms with E-state index >= 15 is 0 Å². The maximum Gasteiger partial charge on any atom is 0.270 e. The lowest BCUT2D eigenvalue weighted by Gasteiger charge is -2.10. The van der Waals surface area contributed by atoms with Crippen molar-refractivity contribution in [1.82, 2.24) is 0 Å². The van der Waals surface area contributed by atoms with Gasteiger partial charge >= 0.3 is 0 Å². The van der Waals surface area contributed by atoms with E-state index in [2.05, 4.69) is 10.6 Å². The molecule has 0 unspecified atom stereocenters. The largest absolute Gasteiger partial charge is 0.323 e. The Hall–Kier alpha value is -4.26. The Morgan fingerprint density at radius 1 is 0.933 bits per heavy atom. The van der Waals surface area contributed by atoms with Gasteiger partial charge in [0, 0.05) is 35.1 Å². The number of hydrogen-bond acceptors (Lipinski definition) is 4. The number of benzene rings is 3. The molecular formula is C23H19N3O4.